The highest BCUT2D eigenvalue weighted by Gasteiger charge is 2.54. The van der Waals surface area contributed by atoms with E-state index < -0.39 is 28.9 Å². The first-order chi connectivity index (χ1) is 16.7. The van der Waals surface area contributed by atoms with Crippen LogP contribution in [0.1, 0.15) is 61.4 Å². The highest BCUT2D eigenvalue weighted by atomic mass is 19.2. The van der Waals surface area contributed by atoms with Crippen molar-refractivity contribution in [2.75, 3.05) is 13.7 Å². The molecule has 2 fully saturated rings. The summed E-state index contributed by atoms with van der Waals surface area (Å²) in [4.78, 5) is 19.5. The van der Waals surface area contributed by atoms with Crippen LogP contribution in [0.25, 0.3) is 5.69 Å². The first-order valence-corrected chi connectivity index (χ1v) is 11.9. The molecule has 2 aromatic carbocycles. The zero-order valence-corrected chi connectivity index (χ0v) is 20.0. The lowest BCUT2D eigenvalue weighted by Gasteiger charge is -2.53. The minimum atomic E-state index is -1.49. The fourth-order valence-electron chi connectivity index (χ4n) is 5.68. The molecule has 1 amide bonds. The Kier molecular flexibility index (Phi) is 5.85. The lowest BCUT2D eigenvalue weighted by molar-refractivity contribution is -0.156. The second-order valence-electron chi connectivity index (χ2n) is 9.82. The van der Waals surface area contributed by atoms with Crippen LogP contribution in [0.5, 0.6) is 5.75 Å². The summed E-state index contributed by atoms with van der Waals surface area (Å²) in [5.74, 6) is -2.99. The molecule has 1 spiro atoms. The molecule has 2 aliphatic rings. The summed E-state index contributed by atoms with van der Waals surface area (Å²) in [6.07, 6.45) is 6.73. The lowest BCUT2D eigenvalue weighted by Crippen LogP contribution is -2.54. The second kappa shape index (κ2) is 8.73. The summed E-state index contributed by atoms with van der Waals surface area (Å²) in [5, 5.41) is 0. The summed E-state index contributed by atoms with van der Waals surface area (Å²) in [6, 6.07) is 7.53. The first kappa shape index (κ1) is 23.5. The van der Waals surface area contributed by atoms with Crippen molar-refractivity contribution in [2.24, 2.45) is 5.41 Å². The van der Waals surface area contributed by atoms with Crippen molar-refractivity contribution in [3.8, 4) is 11.4 Å². The Hall–Kier alpha value is -3.29. The number of carbonyl (C=O) groups excluding carboxylic acids is 1. The fraction of sp³-hybridized carbons (Fsp3) is 0.407. The summed E-state index contributed by atoms with van der Waals surface area (Å²) in [6.45, 7) is 4.18. The molecular formula is C27H28F3N3O2. The highest BCUT2D eigenvalue weighted by Crippen LogP contribution is 2.57. The van der Waals surface area contributed by atoms with E-state index in [-0.39, 0.29) is 17.4 Å². The Morgan fingerprint density at radius 1 is 1.14 bits per heavy atom. The van der Waals surface area contributed by atoms with E-state index in [1.165, 1.54) is 0 Å². The van der Waals surface area contributed by atoms with E-state index in [2.05, 4.69) is 11.1 Å². The number of hydrogen-bond acceptors (Lipinski definition) is 3. The average Bonchev–Trinajstić information content (AvgIpc) is 3.26. The zero-order valence-electron chi connectivity index (χ0n) is 20.0. The summed E-state index contributed by atoms with van der Waals surface area (Å²) >= 11 is 0. The van der Waals surface area contributed by atoms with Gasteiger partial charge in [-0.15, -0.1) is 0 Å². The Labute approximate surface area is 202 Å². The van der Waals surface area contributed by atoms with Crippen molar-refractivity contribution >= 4 is 5.91 Å². The SMILES string of the molecule is COc1cc(C2CC3(CCCN(C(C)c4cc(F)c(F)c(F)c4)C3=O)C2)ccc1-n1cnc(C)c1. The number of likely N-dealkylation sites (tertiary alicyclic amines) is 1. The molecule has 1 atom stereocenters. The maximum absolute atomic E-state index is 13.8. The van der Waals surface area contributed by atoms with E-state index in [0.29, 0.717) is 19.4 Å². The van der Waals surface area contributed by atoms with E-state index in [4.69, 9.17) is 4.74 Å². The van der Waals surface area contributed by atoms with Gasteiger partial charge in [-0.2, -0.15) is 0 Å². The van der Waals surface area contributed by atoms with Crippen molar-refractivity contribution in [1.29, 1.82) is 0 Å². The third kappa shape index (κ3) is 3.98. The fourth-order valence-corrected chi connectivity index (χ4v) is 5.68. The first-order valence-electron chi connectivity index (χ1n) is 11.9. The molecule has 8 heteroatoms. The van der Waals surface area contributed by atoms with Gasteiger partial charge in [0, 0.05) is 12.7 Å². The maximum Gasteiger partial charge on any atom is 0.229 e. The van der Waals surface area contributed by atoms with Gasteiger partial charge in [0.1, 0.15) is 5.75 Å². The van der Waals surface area contributed by atoms with E-state index in [9.17, 15) is 18.0 Å². The van der Waals surface area contributed by atoms with Crippen LogP contribution in [0, 0.1) is 29.8 Å². The summed E-state index contributed by atoms with van der Waals surface area (Å²) < 4.78 is 48.6. The highest BCUT2D eigenvalue weighted by molar-refractivity contribution is 5.85. The van der Waals surface area contributed by atoms with Crippen molar-refractivity contribution in [1.82, 2.24) is 14.5 Å². The van der Waals surface area contributed by atoms with E-state index >= 15 is 0 Å². The number of carbonyl (C=O) groups is 1. The third-order valence-electron chi connectivity index (χ3n) is 7.66. The average molecular weight is 484 g/mol. The number of nitrogens with zero attached hydrogens (tertiary/aromatic N) is 3. The zero-order chi connectivity index (χ0) is 24.9. The minimum Gasteiger partial charge on any atom is -0.495 e. The summed E-state index contributed by atoms with van der Waals surface area (Å²) in [7, 11) is 1.64. The monoisotopic (exact) mass is 483 g/mol. The number of aromatic nitrogens is 2. The standard InChI is InChI=1S/C27H28F3N3O2/c1-16-14-32(15-31-16)23-6-5-18(11-24(23)35-3)20-12-27(13-20)7-4-8-33(26(27)34)17(2)19-9-21(28)25(30)22(29)10-19/h5-6,9-11,14-15,17,20H,4,7-8,12-13H2,1-3H3. The van der Waals surface area contributed by atoms with Crippen LogP contribution < -0.4 is 4.74 Å². The van der Waals surface area contributed by atoms with Crippen LogP contribution in [-0.4, -0.2) is 34.0 Å². The lowest BCUT2D eigenvalue weighted by atomic mass is 9.56. The van der Waals surface area contributed by atoms with Crippen molar-refractivity contribution in [3.63, 3.8) is 0 Å². The molecule has 2 heterocycles. The molecule has 5 nitrogen and oxygen atoms in total. The molecule has 0 N–H and O–H groups in total. The Morgan fingerprint density at radius 3 is 2.49 bits per heavy atom. The van der Waals surface area contributed by atoms with Gasteiger partial charge in [0.15, 0.2) is 17.5 Å². The quantitative estimate of drug-likeness (QED) is 0.428. The van der Waals surface area contributed by atoms with E-state index in [1.54, 1.807) is 25.3 Å². The van der Waals surface area contributed by atoms with Gasteiger partial charge in [-0.3, -0.25) is 4.79 Å². The van der Waals surface area contributed by atoms with Crippen LogP contribution in [0.2, 0.25) is 0 Å². The number of rotatable bonds is 5. The number of benzene rings is 2. The topological polar surface area (TPSA) is 47.4 Å². The molecule has 0 bridgehead atoms. The number of amides is 1. The van der Waals surface area contributed by atoms with Gasteiger partial charge in [-0.25, -0.2) is 18.2 Å². The normalized spacial score (nSPS) is 22.9. The van der Waals surface area contributed by atoms with Gasteiger partial charge in [0.25, 0.3) is 0 Å². The van der Waals surface area contributed by atoms with Gasteiger partial charge in [-0.1, -0.05) is 6.07 Å². The molecule has 35 heavy (non-hydrogen) atoms. The smallest absolute Gasteiger partial charge is 0.229 e. The maximum atomic E-state index is 13.8. The Balaban J connectivity index is 1.33. The van der Waals surface area contributed by atoms with Crippen LogP contribution >= 0.6 is 0 Å². The number of hydrogen-bond donors (Lipinski definition) is 0. The van der Waals surface area contributed by atoms with Crippen molar-refractivity contribution in [2.45, 2.75) is 51.5 Å². The van der Waals surface area contributed by atoms with E-state index in [0.717, 1.165) is 47.7 Å². The number of halogens is 3. The molecule has 1 saturated carbocycles. The molecule has 184 valence electrons. The largest absolute Gasteiger partial charge is 0.495 e. The molecule has 3 aromatic rings. The third-order valence-corrected chi connectivity index (χ3v) is 7.66. The van der Waals surface area contributed by atoms with Crippen molar-refractivity contribution in [3.05, 3.63) is 77.1 Å². The molecule has 1 aliphatic carbocycles. The number of piperidine rings is 1. The minimum absolute atomic E-state index is 0.00937. The number of aryl methyl sites for hydroxylation is 1. The van der Waals surface area contributed by atoms with Gasteiger partial charge in [-0.05, 0) is 80.8 Å². The Morgan fingerprint density at radius 2 is 1.86 bits per heavy atom. The number of methoxy groups -OCH3 is 1. The molecule has 1 saturated heterocycles. The van der Waals surface area contributed by atoms with Crippen LogP contribution in [-0.2, 0) is 4.79 Å². The molecule has 5 rings (SSSR count). The van der Waals surface area contributed by atoms with Gasteiger partial charge >= 0.3 is 0 Å². The molecule has 0 radical (unpaired) electrons. The van der Waals surface area contributed by atoms with Crippen LogP contribution in [0.3, 0.4) is 0 Å². The van der Waals surface area contributed by atoms with Crippen molar-refractivity contribution < 1.29 is 22.7 Å². The number of imidazole rings is 1. The molecule has 1 aliphatic heterocycles. The van der Waals surface area contributed by atoms with Crippen LogP contribution in [0.15, 0.2) is 42.9 Å². The van der Waals surface area contributed by atoms with Gasteiger partial charge < -0.3 is 14.2 Å². The van der Waals surface area contributed by atoms with Crippen LogP contribution in [0.4, 0.5) is 13.2 Å². The molecule has 1 unspecified atom stereocenters. The molecular weight excluding hydrogens is 455 g/mol. The predicted octanol–water partition coefficient (Wildman–Crippen LogP) is 5.85. The van der Waals surface area contributed by atoms with E-state index in [1.807, 2.05) is 29.8 Å². The van der Waals surface area contributed by atoms with Gasteiger partial charge in [0.05, 0.1) is 36.3 Å². The second-order valence-corrected chi connectivity index (χ2v) is 9.82. The Bertz CT molecular complexity index is 1260. The summed E-state index contributed by atoms with van der Waals surface area (Å²) in [5.41, 5.74) is 2.73. The predicted molar refractivity (Wildman–Crippen MR) is 125 cm³/mol. The molecule has 1 aromatic heterocycles. The van der Waals surface area contributed by atoms with Gasteiger partial charge in [0.2, 0.25) is 5.91 Å². The number of ether oxygens (including phenoxy) is 1.